The lowest BCUT2D eigenvalue weighted by atomic mass is 10.1. The number of ether oxygens (including phenoxy) is 1. The predicted molar refractivity (Wildman–Crippen MR) is 139 cm³/mol. The summed E-state index contributed by atoms with van der Waals surface area (Å²) in [6, 6.07) is 25.2. The van der Waals surface area contributed by atoms with E-state index in [2.05, 4.69) is 107 Å². The second-order valence-corrected chi connectivity index (χ2v) is 12.2. The summed E-state index contributed by atoms with van der Waals surface area (Å²) < 4.78 is 8.33. The first-order valence-corrected chi connectivity index (χ1v) is 13.4. The molecule has 1 unspecified atom stereocenters. The average Bonchev–Trinajstić information content (AvgIpc) is 3.17. The van der Waals surface area contributed by atoms with Crippen molar-refractivity contribution in [3.63, 3.8) is 0 Å². The highest BCUT2D eigenvalue weighted by Gasteiger charge is 2.34. The standard InChI is InChI=1S/C25H23I2O2S/c1-25(15-5-6-16-25)29-24(28)18-9-12-21(13-10-18)30(20-7-3-2-4-8-20)23-14-11-19(26)17-22(23)27/h2-4,7-14,17H,5-6,15-16H2,1H3/q+1. The first kappa shape index (κ1) is 22.1. The Hall–Kier alpha value is -1.06. The maximum absolute atomic E-state index is 12.7. The zero-order valence-corrected chi connectivity index (χ0v) is 21.9. The van der Waals surface area contributed by atoms with Crippen LogP contribution in [0.2, 0.25) is 0 Å². The van der Waals surface area contributed by atoms with Gasteiger partial charge in [0, 0.05) is 3.57 Å². The third-order valence-corrected chi connectivity index (χ3v) is 9.63. The maximum atomic E-state index is 12.7. The van der Waals surface area contributed by atoms with Gasteiger partial charge in [0.1, 0.15) is 16.5 Å². The van der Waals surface area contributed by atoms with Gasteiger partial charge in [0.25, 0.3) is 0 Å². The van der Waals surface area contributed by atoms with Crippen molar-refractivity contribution in [2.75, 3.05) is 0 Å². The summed E-state index contributed by atoms with van der Waals surface area (Å²) in [5.74, 6) is -0.214. The molecule has 4 rings (SSSR count). The van der Waals surface area contributed by atoms with Crippen LogP contribution >= 0.6 is 45.2 Å². The number of rotatable bonds is 5. The molecule has 30 heavy (non-hydrogen) atoms. The molecule has 0 saturated heterocycles. The van der Waals surface area contributed by atoms with Crippen LogP contribution in [0.4, 0.5) is 0 Å². The second-order valence-electron chi connectivity index (χ2n) is 7.76. The normalized spacial score (nSPS) is 16.2. The molecule has 0 spiro atoms. The Morgan fingerprint density at radius 2 is 1.53 bits per heavy atom. The van der Waals surface area contributed by atoms with Gasteiger partial charge in [0.05, 0.1) is 9.13 Å². The van der Waals surface area contributed by atoms with E-state index in [-0.39, 0.29) is 22.5 Å². The van der Waals surface area contributed by atoms with Gasteiger partial charge in [0.2, 0.25) is 0 Å². The fourth-order valence-electron chi connectivity index (χ4n) is 3.82. The van der Waals surface area contributed by atoms with Crippen LogP contribution in [0, 0.1) is 7.14 Å². The molecule has 1 atom stereocenters. The Labute approximate surface area is 208 Å². The van der Waals surface area contributed by atoms with Crippen LogP contribution < -0.4 is 0 Å². The summed E-state index contributed by atoms with van der Waals surface area (Å²) in [5.41, 5.74) is 0.322. The van der Waals surface area contributed by atoms with E-state index in [4.69, 9.17) is 4.74 Å². The van der Waals surface area contributed by atoms with Crippen LogP contribution in [0.25, 0.3) is 0 Å². The van der Waals surface area contributed by atoms with E-state index in [0.29, 0.717) is 5.56 Å². The lowest BCUT2D eigenvalue weighted by Crippen LogP contribution is -2.28. The smallest absolute Gasteiger partial charge is 0.338 e. The number of carbonyl (C=O) groups excluding carboxylic acids is 1. The molecular weight excluding hydrogens is 618 g/mol. The summed E-state index contributed by atoms with van der Waals surface area (Å²) in [5, 5.41) is 0. The van der Waals surface area contributed by atoms with Gasteiger partial charge in [-0.25, -0.2) is 4.79 Å². The molecule has 5 heteroatoms. The Morgan fingerprint density at radius 1 is 0.900 bits per heavy atom. The van der Waals surface area contributed by atoms with Crippen LogP contribution in [0.5, 0.6) is 0 Å². The summed E-state index contributed by atoms with van der Waals surface area (Å²) in [7, 11) is -0.231. The minimum absolute atomic E-state index is 0.214. The molecule has 154 valence electrons. The Kier molecular flexibility index (Phi) is 7.09. The number of esters is 1. The van der Waals surface area contributed by atoms with Gasteiger partial charge in [0.15, 0.2) is 14.7 Å². The average molecular weight is 641 g/mol. The highest BCUT2D eigenvalue weighted by atomic mass is 127. The number of hydrogen-bond donors (Lipinski definition) is 0. The van der Waals surface area contributed by atoms with Crippen LogP contribution in [-0.4, -0.2) is 11.6 Å². The molecule has 0 amide bonds. The highest BCUT2D eigenvalue weighted by molar-refractivity contribution is 14.1. The third kappa shape index (κ3) is 5.05. The largest absolute Gasteiger partial charge is 0.456 e. The van der Waals surface area contributed by atoms with Gasteiger partial charge in [-0.05, 0) is 132 Å². The first-order chi connectivity index (χ1) is 14.5. The third-order valence-electron chi connectivity index (χ3n) is 5.42. The van der Waals surface area contributed by atoms with Crippen LogP contribution in [0.15, 0.2) is 87.5 Å². The molecule has 0 aromatic heterocycles. The molecule has 0 bridgehead atoms. The molecule has 1 aliphatic rings. The molecule has 2 nitrogen and oxygen atoms in total. The Morgan fingerprint density at radius 3 is 2.17 bits per heavy atom. The zero-order valence-electron chi connectivity index (χ0n) is 16.7. The van der Waals surface area contributed by atoms with Crippen molar-refractivity contribution in [3.8, 4) is 0 Å². The van der Waals surface area contributed by atoms with Gasteiger partial charge in [-0.15, -0.1) is 0 Å². The van der Waals surface area contributed by atoms with E-state index in [0.717, 1.165) is 25.7 Å². The van der Waals surface area contributed by atoms with Gasteiger partial charge in [-0.2, -0.15) is 0 Å². The van der Waals surface area contributed by atoms with Gasteiger partial charge in [-0.1, -0.05) is 18.2 Å². The van der Waals surface area contributed by atoms with Crippen molar-refractivity contribution >= 4 is 62.0 Å². The number of halogens is 2. The Bertz CT molecular complexity index is 1030. The molecular formula is C25H23I2O2S+. The lowest BCUT2D eigenvalue weighted by Gasteiger charge is -2.24. The van der Waals surface area contributed by atoms with Crippen molar-refractivity contribution in [2.24, 2.45) is 0 Å². The monoisotopic (exact) mass is 641 g/mol. The minimum atomic E-state index is -0.304. The molecule has 3 aromatic rings. The summed E-state index contributed by atoms with van der Waals surface area (Å²) in [6.45, 7) is 2.05. The summed E-state index contributed by atoms with van der Waals surface area (Å²) >= 11 is 4.78. The van der Waals surface area contributed by atoms with Gasteiger partial charge >= 0.3 is 5.97 Å². The maximum Gasteiger partial charge on any atom is 0.338 e. The second kappa shape index (κ2) is 9.61. The van der Waals surface area contributed by atoms with Crippen molar-refractivity contribution in [1.82, 2.24) is 0 Å². The van der Waals surface area contributed by atoms with Crippen molar-refractivity contribution in [1.29, 1.82) is 0 Å². The highest BCUT2D eigenvalue weighted by Crippen LogP contribution is 2.36. The molecule has 1 fully saturated rings. The number of carbonyl (C=O) groups is 1. The van der Waals surface area contributed by atoms with Crippen LogP contribution in [-0.2, 0) is 15.6 Å². The van der Waals surface area contributed by atoms with E-state index in [1.165, 1.54) is 21.8 Å². The fourth-order valence-corrected chi connectivity index (χ4v) is 8.16. The molecule has 0 radical (unpaired) electrons. The van der Waals surface area contributed by atoms with E-state index in [9.17, 15) is 4.79 Å². The molecule has 1 aliphatic carbocycles. The first-order valence-electron chi connectivity index (χ1n) is 10.0. The zero-order chi connectivity index (χ0) is 21.1. The number of benzene rings is 3. The quantitative estimate of drug-likeness (QED) is 0.164. The van der Waals surface area contributed by atoms with E-state index < -0.39 is 0 Å². The number of hydrogen-bond acceptors (Lipinski definition) is 2. The Balaban J connectivity index is 1.65. The lowest BCUT2D eigenvalue weighted by molar-refractivity contribution is -0.00609. The molecule has 0 N–H and O–H groups in total. The molecule has 1 saturated carbocycles. The topological polar surface area (TPSA) is 26.3 Å². The van der Waals surface area contributed by atoms with E-state index >= 15 is 0 Å². The van der Waals surface area contributed by atoms with Crippen molar-refractivity contribution < 1.29 is 9.53 Å². The van der Waals surface area contributed by atoms with Crippen LogP contribution in [0.3, 0.4) is 0 Å². The molecule has 3 aromatic carbocycles. The summed E-state index contributed by atoms with van der Waals surface area (Å²) in [4.78, 5) is 16.5. The van der Waals surface area contributed by atoms with E-state index in [1.807, 2.05) is 18.2 Å². The van der Waals surface area contributed by atoms with Gasteiger partial charge in [-0.3, -0.25) is 0 Å². The molecule has 0 aliphatic heterocycles. The minimum Gasteiger partial charge on any atom is -0.456 e. The van der Waals surface area contributed by atoms with Crippen molar-refractivity contribution in [2.45, 2.75) is 52.9 Å². The predicted octanol–water partition coefficient (Wildman–Crippen LogP) is 7.48. The fraction of sp³-hybridized carbons (Fsp3) is 0.240. The SMILES string of the molecule is CC1(OC(=O)c2ccc([S+](c3ccccc3)c3ccc(I)cc3I)cc2)CCCC1. The van der Waals surface area contributed by atoms with E-state index in [1.54, 1.807) is 0 Å². The van der Waals surface area contributed by atoms with Crippen LogP contribution in [0.1, 0.15) is 43.0 Å². The van der Waals surface area contributed by atoms with Crippen molar-refractivity contribution in [3.05, 3.63) is 85.5 Å². The van der Waals surface area contributed by atoms with Gasteiger partial charge < -0.3 is 4.74 Å². The summed E-state index contributed by atoms with van der Waals surface area (Å²) in [6.07, 6.45) is 4.19. The molecule has 0 heterocycles.